The fraction of sp³-hybridized carbons (Fsp3) is 0.381. The van der Waals surface area contributed by atoms with E-state index in [0.29, 0.717) is 0 Å². The predicted octanol–water partition coefficient (Wildman–Crippen LogP) is 1.05. The number of carbonyl (C=O) groups excluding carboxylic acids is 1. The lowest BCUT2D eigenvalue weighted by atomic mass is 10.2. The van der Waals surface area contributed by atoms with Gasteiger partial charge in [0.25, 0.3) is 0 Å². The number of fused-ring (bicyclic) bond motifs is 1. The number of nitrogens with zero attached hydrogens (tertiary/aromatic N) is 4. The second kappa shape index (κ2) is 8.48. The van der Waals surface area contributed by atoms with E-state index in [-0.39, 0.29) is 24.2 Å². The Hall–Kier alpha value is -3.13. The van der Waals surface area contributed by atoms with Gasteiger partial charge in [-0.2, -0.15) is 0 Å². The molecule has 0 radical (unpaired) electrons. The maximum Gasteiger partial charge on any atom is 0.326 e. The summed E-state index contributed by atoms with van der Waals surface area (Å²) in [6.07, 6.45) is 1.82. The number of aromatic nitrogens is 3. The van der Waals surface area contributed by atoms with Gasteiger partial charge >= 0.3 is 5.69 Å². The molecule has 3 heterocycles. The molecule has 2 aromatic heterocycles. The first-order valence-electron chi connectivity index (χ1n) is 9.95. The molecular formula is C21H26N6O2. The Balaban J connectivity index is 1.27. The monoisotopic (exact) mass is 394 g/mol. The molecule has 3 aromatic rings. The molecule has 0 bridgehead atoms. The van der Waals surface area contributed by atoms with Gasteiger partial charge < -0.3 is 15.2 Å². The number of H-pyrrole nitrogens is 1. The van der Waals surface area contributed by atoms with Crippen LogP contribution in [0.2, 0.25) is 0 Å². The molecule has 0 aliphatic carbocycles. The van der Waals surface area contributed by atoms with E-state index >= 15 is 0 Å². The standard InChI is InChI=1S/C21H26N6O2/c1-16(14-25-10-12-26(13-11-25)19-8-4-5-9-22-19)23-20(28)15-27-18-7-3-2-6-17(18)24-21(27)29/h2-9,16H,10-15H2,1H3,(H,23,28)(H,24,29). The van der Waals surface area contributed by atoms with Crippen LogP contribution in [-0.4, -0.2) is 64.1 Å². The molecule has 0 saturated carbocycles. The Morgan fingerprint density at radius 2 is 1.90 bits per heavy atom. The highest BCUT2D eigenvalue weighted by atomic mass is 16.2. The summed E-state index contributed by atoms with van der Waals surface area (Å²) in [5.74, 6) is 0.856. The minimum absolute atomic E-state index is 0.00445. The highest BCUT2D eigenvalue weighted by Crippen LogP contribution is 2.13. The molecule has 8 heteroatoms. The smallest absolute Gasteiger partial charge is 0.326 e. The van der Waals surface area contributed by atoms with Gasteiger partial charge in [0, 0.05) is 45.0 Å². The number of imidazole rings is 1. The van der Waals surface area contributed by atoms with Crippen LogP contribution < -0.4 is 15.9 Å². The summed E-state index contributed by atoms with van der Waals surface area (Å²) in [5.41, 5.74) is 1.22. The molecule has 4 rings (SSSR count). The topological polar surface area (TPSA) is 86.3 Å². The van der Waals surface area contributed by atoms with Gasteiger partial charge in [0.1, 0.15) is 12.4 Å². The van der Waals surface area contributed by atoms with E-state index in [2.05, 4.69) is 25.1 Å². The Morgan fingerprint density at radius 3 is 2.66 bits per heavy atom. The summed E-state index contributed by atoms with van der Waals surface area (Å²) >= 11 is 0. The third-order valence-corrected chi connectivity index (χ3v) is 5.27. The van der Waals surface area contributed by atoms with E-state index < -0.39 is 0 Å². The lowest BCUT2D eigenvalue weighted by Crippen LogP contribution is -2.51. The van der Waals surface area contributed by atoms with Crippen LogP contribution in [0.25, 0.3) is 11.0 Å². The van der Waals surface area contributed by atoms with E-state index in [1.54, 1.807) is 0 Å². The van der Waals surface area contributed by atoms with Gasteiger partial charge in [0.15, 0.2) is 0 Å². The van der Waals surface area contributed by atoms with E-state index in [4.69, 9.17) is 0 Å². The first-order chi connectivity index (χ1) is 14.1. The molecule has 1 amide bonds. The normalized spacial score (nSPS) is 16.1. The average molecular weight is 394 g/mol. The number of pyridine rings is 1. The summed E-state index contributed by atoms with van der Waals surface area (Å²) in [4.78, 5) is 36.4. The molecule has 152 valence electrons. The van der Waals surface area contributed by atoms with Crippen molar-refractivity contribution < 1.29 is 4.79 Å². The number of hydrogen-bond donors (Lipinski definition) is 2. The Bertz CT molecular complexity index is 1020. The second-order valence-electron chi connectivity index (χ2n) is 7.48. The first kappa shape index (κ1) is 19.2. The van der Waals surface area contributed by atoms with Crippen molar-refractivity contribution >= 4 is 22.8 Å². The molecule has 1 aliphatic rings. The number of rotatable bonds is 6. The number of benzene rings is 1. The number of para-hydroxylation sites is 2. The molecule has 0 spiro atoms. The molecule has 1 aliphatic heterocycles. The number of anilines is 1. The highest BCUT2D eigenvalue weighted by Gasteiger charge is 2.20. The van der Waals surface area contributed by atoms with Crippen molar-refractivity contribution in [2.75, 3.05) is 37.6 Å². The van der Waals surface area contributed by atoms with Crippen LogP contribution in [0, 0.1) is 0 Å². The zero-order chi connectivity index (χ0) is 20.2. The largest absolute Gasteiger partial charge is 0.354 e. The molecule has 1 atom stereocenters. The highest BCUT2D eigenvalue weighted by molar-refractivity contribution is 5.80. The number of aromatic amines is 1. The minimum Gasteiger partial charge on any atom is -0.354 e. The third-order valence-electron chi connectivity index (χ3n) is 5.27. The van der Waals surface area contributed by atoms with Gasteiger partial charge in [-0.1, -0.05) is 18.2 Å². The lowest BCUT2D eigenvalue weighted by Gasteiger charge is -2.36. The van der Waals surface area contributed by atoms with E-state index in [0.717, 1.165) is 49.6 Å². The van der Waals surface area contributed by atoms with Crippen molar-refractivity contribution in [2.45, 2.75) is 19.5 Å². The van der Waals surface area contributed by atoms with Crippen molar-refractivity contribution in [1.29, 1.82) is 0 Å². The lowest BCUT2D eigenvalue weighted by molar-refractivity contribution is -0.122. The van der Waals surface area contributed by atoms with Crippen molar-refractivity contribution in [3.63, 3.8) is 0 Å². The molecular weight excluding hydrogens is 368 g/mol. The minimum atomic E-state index is -0.264. The van der Waals surface area contributed by atoms with Gasteiger partial charge in [-0.25, -0.2) is 9.78 Å². The summed E-state index contributed by atoms with van der Waals surface area (Å²) in [6.45, 7) is 6.49. The quantitative estimate of drug-likeness (QED) is 0.653. The molecule has 1 fully saturated rings. The van der Waals surface area contributed by atoms with Crippen LogP contribution >= 0.6 is 0 Å². The zero-order valence-electron chi connectivity index (χ0n) is 16.5. The average Bonchev–Trinajstić information content (AvgIpc) is 3.04. The van der Waals surface area contributed by atoms with Crippen LogP contribution in [0.5, 0.6) is 0 Å². The van der Waals surface area contributed by atoms with Gasteiger partial charge in [-0.05, 0) is 31.2 Å². The summed E-state index contributed by atoms with van der Waals surface area (Å²) in [6, 6.07) is 13.4. The molecule has 1 saturated heterocycles. The number of piperazine rings is 1. The maximum absolute atomic E-state index is 12.5. The third kappa shape index (κ3) is 4.48. The van der Waals surface area contributed by atoms with Crippen molar-refractivity contribution in [3.8, 4) is 0 Å². The van der Waals surface area contributed by atoms with Crippen LogP contribution in [0.1, 0.15) is 6.92 Å². The molecule has 2 N–H and O–H groups in total. The number of carbonyl (C=O) groups is 1. The van der Waals surface area contributed by atoms with Gasteiger partial charge in [0.2, 0.25) is 5.91 Å². The van der Waals surface area contributed by atoms with Gasteiger partial charge in [-0.3, -0.25) is 14.3 Å². The Morgan fingerprint density at radius 1 is 1.14 bits per heavy atom. The van der Waals surface area contributed by atoms with Crippen LogP contribution in [0.4, 0.5) is 5.82 Å². The Labute approximate surface area is 169 Å². The first-order valence-corrected chi connectivity index (χ1v) is 9.95. The zero-order valence-corrected chi connectivity index (χ0v) is 16.5. The number of hydrogen-bond acceptors (Lipinski definition) is 5. The maximum atomic E-state index is 12.5. The van der Waals surface area contributed by atoms with Gasteiger partial charge in [-0.15, -0.1) is 0 Å². The van der Waals surface area contributed by atoms with E-state index in [1.165, 1.54) is 4.57 Å². The van der Waals surface area contributed by atoms with E-state index in [9.17, 15) is 9.59 Å². The molecule has 1 aromatic carbocycles. The molecule has 8 nitrogen and oxygen atoms in total. The van der Waals surface area contributed by atoms with E-state index in [1.807, 2.05) is 55.6 Å². The summed E-state index contributed by atoms with van der Waals surface area (Å²) in [5, 5.41) is 3.02. The SMILES string of the molecule is CC(CN1CCN(c2ccccn2)CC1)NC(=O)Cn1c(=O)[nH]c2ccccc21. The predicted molar refractivity (Wildman–Crippen MR) is 113 cm³/mol. The number of amides is 1. The van der Waals surface area contributed by atoms with Gasteiger partial charge in [0.05, 0.1) is 11.0 Å². The fourth-order valence-electron chi connectivity index (χ4n) is 3.86. The molecule has 1 unspecified atom stereocenters. The second-order valence-corrected chi connectivity index (χ2v) is 7.48. The fourth-order valence-corrected chi connectivity index (χ4v) is 3.86. The van der Waals surface area contributed by atoms with Crippen LogP contribution in [0.3, 0.4) is 0 Å². The summed E-state index contributed by atoms with van der Waals surface area (Å²) in [7, 11) is 0. The summed E-state index contributed by atoms with van der Waals surface area (Å²) < 4.78 is 1.48. The number of nitrogens with one attached hydrogen (secondary N) is 2. The van der Waals surface area contributed by atoms with Crippen molar-refractivity contribution in [1.82, 2.24) is 24.8 Å². The van der Waals surface area contributed by atoms with Crippen LogP contribution in [0.15, 0.2) is 53.5 Å². The van der Waals surface area contributed by atoms with Crippen LogP contribution in [-0.2, 0) is 11.3 Å². The molecule has 29 heavy (non-hydrogen) atoms. The van der Waals surface area contributed by atoms with Crippen molar-refractivity contribution in [2.24, 2.45) is 0 Å². The van der Waals surface area contributed by atoms with Crippen molar-refractivity contribution in [3.05, 3.63) is 59.1 Å². The Kier molecular flexibility index (Phi) is 5.62.